The zero-order valence-corrected chi connectivity index (χ0v) is 13.8. The van der Waals surface area contributed by atoms with E-state index in [9.17, 15) is 0 Å². The molecular weight excluding hydrogens is 354 g/mol. The molecule has 5 heteroatoms. The molecule has 1 heterocycles. The maximum absolute atomic E-state index is 6.28. The molecule has 21 heavy (non-hydrogen) atoms. The summed E-state index contributed by atoms with van der Waals surface area (Å²) >= 11 is 9.65. The summed E-state index contributed by atoms with van der Waals surface area (Å²) in [5, 5.41) is 0.578. The molecule has 0 aliphatic carbocycles. The number of benzene rings is 2. The largest absolute Gasteiger partial charge is 0.495 e. The minimum absolute atomic E-state index is 0.0582. The van der Waals surface area contributed by atoms with Crippen LogP contribution in [0.15, 0.2) is 40.9 Å². The van der Waals surface area contributed by atoms with Gasteiger partial charge in [0.1, 0.15) is 17.6 Å². The molecule has 1 unspecified atom stereocenters. The van der Waals surface area contributed by atoms with Gasteiger partial charge in [-0.1, -0.05) is 33.6 Å². The van der Waals surface area contributed by atoms with Crippen molar-refractivity contribution in [1.82, 2.24) is 0 Å². The molecule has 0 saturated carbocycles. The van der Waals surface area contributed by atoms with Crippen molar-refractivity contribution < 1.29 is 9.47 Å². The van der Waals surface area contributed by atoms with Crippen LogP contribution in [0.5, 0.6) is 11.5 Å². The SMILES string of the molecule is COc1ccc(C2C[C@H](N)c3cc(Br)ccc3O2)cc1Cl. The van der Waals surface area contributed by atoms with Gasteiger partial charge < -0.3 is 15.2 Å². The van der Waals surface area contributed by atoms with Crippen LogP contribution in [-0.4, -0.2) is 7.11 Å². The minimum Gasteiger partial charge on any atom is -0.495 e. The van der Waals surface area contributed by atoms with Gasteiger partial charge in [0.2, 0.25) is 0 Å². The fourth-order valence-electron chi connectivity index (χ4n) is 2.56. The Kier molecular flexibility index (Phi) is 4.11. The number of halogens is 2. The molecule has 0 saturated heterocycles. The molecular formula is C16H15BrClNO2. The molecule has 0 spiro atoms. The van der Waals surface area contributed by atoms with Crippen LogP contribution in [0.2, 0.25) is 5.02 Å². The number of ether oxygens (including phenoxy) is 2. The highest BCUT2D eigenvalue weighted by Crippen LogP contribution is 2.41. The van der Waals surface area contributed by atoms with Crippen LogP contribution in [0.3, 0.4) is 0 Å². The smallest absolute Gasteiger partial charge is 0.137 e. The van der Waals surface area contributed by atoms with E-state index in [4.69, 9.17) is 26.8 Å². The first-order valence-electron chi connectivity index (χ1n) is 6.63. The molecule has 0 bridgehead atoms. The van der Waals surface area contributed by atoms with Gasteiger partial charge in [-0.05, 0) is 35.9 Å². The maximum atomic E-state index is 6.28. The van der Waals surface area contributed by atoms with E-state index in [0.717, 1.165) is 21.3 Å². The molecule has 0 fully saturated rings. The fraction of sp³-hybridized carbons (Fsp3) is 0.250. The van der Waals surface area contributed by atoms with E-state index in [1.54, 1.807) is 7.11 Å². The van der Waals surface area contributed by atoms with E-state index < -0.39 is 0 Å². The Morgan fingerprint density at radius 1 is 1.29 bits per heavy atom. The summed E-state index contributed by atoms with van der Waals surface area (Å²) in [6.45, 7) is 0. The zero-order valence-electron chi connectivity index (χ0n) is 11.5. The molecule has 0 aromatic heterocycles. The molecule has 1 aliphatic rings. The van der Waals surface area contributed by atoms with Gasteiger partial charge in [0.15, 0.2) is 0 Å². The highest BCUT2D eigenvalue weighted by atomic mass is 79.9. The molecule has 2 aromatic carbocycles. The monoisotopic (exact) mass is 367 g/mol. The summed E-state index contributed by atoms with van der Waals surface area (Å²) in [7, 11) is 1.60. The van der Waals surface area contributed by atoms with Gasteiger partial charge in [-0.3, -0.25) is 0 Å². The Hall–Kier alpha value is -1.23. The third kappa shape index (κ3) is 2.89. The summed E-state index contributed by atoms with van der Waals surface area (Å²) in [6, 6.07) is 11.5. The van der Waals surface area contributed by atoms with E-state index >= 15 is 0 Å². The number of rotatable bonds is 2. The Morgan fingerprint density at radius 3 is 2.81 bits per heavy atom. The van der Waals surface area contributed by atoms with Crippen molar-refractivity contribution in [3.8, 4) is 11.5 Å². The van der Waals surface area contributed by atoms with Crippen LogP contribution in [0, 0.1) is 0 Å². The van der Waals surface area contributed by atoms with Crippen molar-refractivity contribution in [2.45, 2.75) is 18.6 Å². The van der Waals surface area contributed by atoms with E-state index in [1.807, 2.05) is 36.4 Å². The first-order chi connectivity index (χ1) is 10.1. The van der Waals surface area contributed by atoms with Crippen molar-refractivity contribution in [3.05, 3.63) is 57.0 Å². The van der Waals surface area contributed by atoms with Crippen molar-refractivity contribution in [3.63, 3.8) is 0 Å². The lowest BCUT2D eigenvalue weighted by Crippen LogP contribution is -2.24. The number of hydrogen-bond donors (Lipinski definition) is 1. The maximum Gasteiger partial charge on any atom is 0.137 e. The molecule has 110 valence electrons. The van der Waals surface area contributed by atoms with Crippen LogP contribution >= 0.6 is 27.5 Å². The standard InChI is InChI=1S/C16H15BrClNO2/c1-20-15-4-2-9(6-12(15)18)16-8-13(19)11-7-10(17)3-5-14(11)21-16/h2-7,13,16H,8,19H2,1H3/t13-,16?/m0/s1. The Labute approximate surface area is 137 Å². The lowest BCUT2D eigenvalue weighted by atomic mass is 9.93. The average Bonchev–Trinajstić information content (AvgIpc) is 2.47. The molecule has 1 aliphatic heterocycles. The van der Waals surface area contributed by atoms with Crippen molar-refractivity contribution in [1.29, 1.82) is 0 Å². The van der Waals surface area contributed by atoms with Crippen molar-refractivity contribution >= 4 is 27.5 Å². The van der Waals surface area contributed by atoms with E-state index in [1.165, 1.54) is 0 Å². The third-order valence-corrected chi connectivity index (χ3v) is 4.44. The summed E-state index contributed by atoms with van der Waals surface area (Å²) in [4.78, 5) is 0. The van der Waals surface area contributed by atoms with Crippen LogP contribution < -0.4 is 15.2 Å². The Balaban J connectivity index is 1.92. The highest BCUT2D eigenvalue weighted by molar-refractivity contribution is 9.10. The highest BCUT2D eigenvalue weighted by Gasteiger charge is 2.27. The number of nitrogens with two attached hydrogens (primary N) is 1. The summed E-state index contributed by atoms with van der Waals surface area (Å²) < 4.78 is 12.3. The third-order valence-electron chi connectivity index (χ3n) is 3.66. The lowest BCUT2D eigenvalue weighted by molar-refractivity contribution is 0.161. The number of hydrogen-bond acceptors (Lipinski definition) is 3. The first kappa shape index (κ1) is 14.7. The van der Waals surface area contributed by atoms with Gasteiger partial charge in [-0.2, -0.15) is 0 Å². The average molecular weight is 369 g/mol. The van der Waals surface area contributed by atoms with E-state index in [0.29, 0.717) is 17.2 Å². The number of methoxy groups -OCH3 is 1. The number of fused-ring (bicyclic) bond motifs is 1. The molecule has 0 amide bonds. The van der Waals surface area contributed by atoms with Gasteiger partial charge in [0.25, 0.3) is 0 Å². The van der Waals surface area contributed by atoms with Gasteiger partial charge in [-0.15, -0.1) is 0 Å². The molecule has 3 rings (SSSR count). The predicted octanol–water partition coefficient (Wildman–Crippen LogP) is 4.63. The minimum atomic E-state index is -0.0999. The van der Waals surface area contributed by atoms with E-state index in [-0.39, 0.29) is 12.1 Å². The van der Waals surface area contributed by atoms with Gasteiger partial charge >= 0.3 is 0 Å². The van der Waals surface area contributed by atoms with E-state index in [2.05, 4.69) is 15.9 Å². The molecule has 2 N–H and O–H groups in total. The topological polar surface area (TPSA) is 44.5 Å². The Morgan fingerprint density at radius 2 is 2.10 bits per heavy atom. The molecule has 2 aromatic rings. The van der Waals surface area contributed by atoms with Gasteiger partial charge in [-0.25, -0.2) is 0 Å². The van der Waals surface area contributed by atoms with Crippen molar-refractivity contribution in [2.24, 2.45) is 5.73 Å². The normalized spacial score (nSPS) is 20.6. The predicted molar refractivity (Wildman–Crippen MR) is 87.1 cm³/mol. The second-order valence-electron chi connectivity index (χ2n) is 5.02. The summed E-state index contributed by atoms with van der Waals surface area (Å²) in [5.74, 6) is 1.48. The second kappa shape index (κ2) is 5.87. The first-order valence-corrected chi connectivity index (χ1v) is 7.80. The van der Waals surface area contributed by atoms with Gasteiger partial charge in [0.05, 0.1) is 12.1 Å². The summed E-state index contributed by atoms with van der Waals surface area (Å²) in [6.07, 6.45) is 0.614. The molecule has 3 nitrogen and oxygen atoms in total. The lowest BCUT2D eigenvalue weighted by Gasteiger charge is -2.31. The van der Waals surface area contributed by atoms with Crippen LogP contribution in [0.1, 0.15) is 29.7 Å². The van der Waals surface area contributed by atoms with Crippen LogP contribution in [0.25, 0.3) is 0 Å². The fourth-order valence-corrected chi connectivity index (χ4v) is 3.21. The quantitative estimate of drug-likeness (QED) is 0.840. The van der Waals surface area contributed by atoms with Crippen LogP contribution in [0.4, 0.5) is 0 Å². The van der Waals surface area contributed by atoms with Gasteiger partial charge in [0, 0.05) is 22.5 Å². The Bertz CT molecular complexity index is 677. The zero-order chi connectivity index (χ0) is 15.0. The molecule has 0 radical (unpaired) electrons. The van der Waals surface area contributed by atoms with Crippen molar-refractivity contribution in [2.75, 3.05) is 7.11 Å². The summed E-state index contributed by atoms with van der Waals surface area (Å²) in [5.41, 5.74) is 8.31. The second-order valence-corrected chi connectivity index (χ2v) is 6.35. The van der Waals surface area contributed by atoms with Crippen LogP contribution in [-0.2, 0) is 0 Å². The molecule has 2 atom stereocenters.